The maximum absolute atomic E-state index is 11.2. The lowest BCUT2D eigenvalue weighted by molar-refractivity contribution is -0.119. The number of nitrogens with one attached hydrogen (secondary N) is 1. The van der Waals surface area contributed by atoms with Gasteiger partial charge in [0.1, 0.15) is 17.6 Å². The Morgan fingerprint density at radius 1 is 1.14 bits per heavy atom. The standard InChI is InChI=1S/C23H28N2O3/c1-16(24-17(2)26)19-8-10-21(11-9-19)28-23-13-25(14-23)20-4-3-5-22(12-20)27-15-18-6-7-18/h3-5,8-12,16,18,23H,6-7,13-15H2,1-2H3,(H,24,26)/t16-/m0/s1. The third-order valence-corrected chi connectivity index (χ3v) is 5.32. The number of nitrogens with zero attached hydrogens (tertiary/aromatic N) is 1. The Kier molecular flexibility index (Phi) is 5.42. The Hall–Kier alpha value is -2.69. The van der Waals surface area contributed by atoms with E-state index in [2.05, 4.69) is 28.4 Å². The lowest BCUT2D eigenvalue weighted by Gasteiger charge is -2.40. The summed E-state index contributed by atoms with van der Waals surface area (Å²) < 4.78 is 12.0. The number of hydrogen-bond donors (Lipinski definition) is 1. The van der Waals surface area contributed by atoms with Crippen molar-refractivity contribution in [1.82, 2.24) is 5.32 Å². The molecule has 5 nitrogen and oxygen atoms in total. The first-order chi connectivity index (χ1) is 13.6. The summed E-state index contributed by atoms with van der Waals surface area (Å²) in [7, 11) is 0. The number of carbonyl (C=O) groups is 1. The van der Waals surface area contributed by atoms with Crippen molar-refractivity contribution in [2.24, 2.45) is 5.92 Å². The van der Waals surface area contributed by atoms with Crippen LogP contribution in [-0.2, 0) is 4.79 Å². The zero-order valence-corrected chi connectivity index (χ0v) is 16.6. The Labute approximate surface area is 166 Å². The monoisotopic (exact) mass is 380 g/mol. The molecule has 1 saturated carbocycles. The Bertz CT molecular complexity index is 811. The minimum Gasteiger partial charge on any atom is -0.493 e. The second kappa shape index (κ2) is 8.13. The van der Waals surface area contributed by atoms with E-state index in [4.69, 9.17) is 9.47 Å². The Morgan fingerprint density at radius 3 is 2.57 bits per heavy atom. The molecule has 0 spiro atoms. The van der Waals surface area contributed by atoms with E-state index in [0.717, 1.165) is 42.7 Å². The van der Waals surface area contributed by atoms with Gasteiger partial charge in [0.15, 0.2) is 0 Å². The highest BCUT2D eigenvalue weighted by Crippen LogP contribution is 2.31. The van der Waals surface area contributed by atoms with Crippen LogP contribution in [0.3, 0.4) is 0 Å². The van der Waals surface area contributed by atoms with E-state index in [0.29, 0.717) is 0 Å². The molecule has 2 fully saturated rings. The molecule has 1 amide bonds. The molecule has 1 atom stereocenters. The average Bonchev–Trinajstić information content (AvgIpc) is 3.47. The van der Waals surface area contributed by atoms with Gasteiger partial charge in [-0.25, -0.2) is 0 Å². The molecule has 0 aromatic heterocycles. The van der Waals surface area contributed by atoms with Gasteiger partial charge < -0.3 is 19.7 Å². The first-order valence-corrected chi connectivity index (χ1v) is 10.1. The smallest absolute Gasteiger partial charge is 0.217 e. The van der Waals surface area contributed by atoms with Crippen molar-refractivity contribution in [3.8, 4) is 11.5 Å². The van der Waals surface area contributed by atoms with Crippen LogP contribution in [0.2, 0.25) is 0 Å². The van der Waals surface area contributed by atoms with Crippen molar-refractivity contribution in [3.63, 3.8) is 0 Å². The molecular weight excluding hydrogens is 352 g/mol. The number of hydrogen-bond acceptors (Lipinski definition) is 4. The van der Waals surface area contributed by atoms with Gasteiger partial charge >= 0.3 is 0 Å². The van der Waals surface area contributed by atoms with Crippen LogP contribution >= 0.6 is 0 Å². The van der Waals surface area contributed by atoms with Gasteiger partial charge in [-0.15, -0.1) is 0 Å². The molecule has 2 aromatic rings. The van der Waals surface area contributed by atoms with Gasteiger partial charge in [-0.05, 0) is 55.5 Å². The van der Waals surface area contributed by atoms with Crippen LogP contribution in [-0.4, -0.2) is 31.7 Å². The van der Waals surface area contributed by atoms with E-state index in [9.17, 15) is 4.79 Å². The molecule has 5 heteroatoms. The van der Waals surface area contributed by atoms with Gasteiger partial charge in [-0.3, -0.25) is 4.79 Å². The van der Waals surface area contributed by atoms with Crippen LogP contribution in [0.15, 0.2) is 48.5 Å². The van der Waals surface area contributed by atoms with Crippen LogP contribution in [0.5, 0.6) is 11.5 Å². The van der Waals surface area contributed by atoms with Gasteiger partial charge in [-0.1, -0.05) is 18.2 Å². The number of amides is 1. The number of benzene rings is 2. The zero-order valence-electron chi connectivity index (χ0n) is 16.6. The number of ether oxygens (including phenoxy) is 2. The molecule has 28 heavy (non-hydrogen) atoms. The summed E-state index contributed by atoms with van der Waals surface area (Å²) in [5.74, 6) is 2.56. The summed E-state index contributed by atoms with van der Waals surface area (Å²) in [4.78, 5) is 13.5. The maximum Gasteiger partial charge on any atom is 0.217 e. The van der Waals surface area contributed by atoms with Crippen molar-refractivity contribution >= 4 is 11.6 Å². The first kappa shape index (κ1) is 18.7. The topological polar surface area (TPSA) is 50.8 Å². The summed E-state index contributed by atoms with van der Waals surface area (Å²) in [5, 5.41) is 2.89. The fourth-order valence-corrected chi connectivity index (χ4v) is 3.41. The number of anilines is 1. The highest BCUT2D eigenvalue weighted by Gasteiger charge is 2.29. The van der Waals surface area contributed by atoms with Crippen molar-refractivity contribution in [3.05, 3.63) is 54.1 Å². The molecule has 1 aliphatic carbocycles. The lowest BCUT2D eigenvalue weighted by Crippen LogP contribution is -2.54. The molecular formula is C23H28N2O3. The SMILES string of the molecule is CC(=O)N[C@@H](C)c1ccc(OC2CN(c3cccc(OCC4CC4)c3)C2)cc1. The van der Waals surface area contributed by atoms with Crippen molar-refractivity contribution in [1.29, 1.82) is 0 Å². The fraction of sp³-hybridized carbons (Fsp3) is 0.435. The predicted molar refractivity (Wildman–Crippen MR) is 110 cm³/mol. The largest absolute Gasteiger partial charge is 0.493 e. The number of carbonyl (C=O) groups excluding carboxylic acids is 1. The molecule has 0 unspecified atom stereocenters. The van der Waals surface area contributed by atoms with E-state index in [1.807, 2.05) is 37.3 Å². The quantitative estimate of drug-likeness (QED) is 0.754. The molecule has 2 aromatic carbocycles. The molecule has 4 rings (SSSR count). The zero-order chi connectivity index (χ0) is 19.5. The molecule has 1 saturated heterocycles. The van der Waals surface area contributed by atoms with Gasteiger partial charge in [0.2, 0.25) is 5.91 Å². The summed E-state index contributed by atoms with van der Waals surface area (Å²) >= 11 is 0. The van der Waals surface area contributed by atoms with Crippen molar-refractivity contribution in [2.45, 2.75) is 38.8 Å². The van der Waals surface area contributed by atoms with Crippen LogP contribution in [0.1, 0.15) is 38.3 Å². The van der Waals surface area contributed by atoms with Crippen molar-refractivity contribution < 1.29 is 14.3 Å². The molecule has 0 bridgehead atoms. The van der Waals surface area contributed by atoms with E-state index in [1.54, 1.807) is 0 Å². The second-order valence-corrected chi connectivity index (χ2v) is 7.89. The van der Waals surface area contributed by atoms with E-state index in [-0.39, 0.29) is 18.1 Å². The van der Waals surface area contributed by atoms with Gasteiger partial charge in [0, 0.05) is 18.7 Å². The lowest BCUT2D eigenvalue weighted by atomic mass is 10.1. The van der Waals surface area contributed by atoms with E-state index in [1.165, 1.54) is 25.5 Å². The average molecular weight is 380 g/mol. The number of rotatable bonds is 8. The molecule has 1 N–H and O–H groups in total. The van der Waals surface area contributed by atoms with Gasteiger partial charge in [0.05, 0.1) is 25.7 Å². The summed E-state index contributed by atoms with van der Waals surface area (Å²) in [5.41, 5.74) is 2.26. The van der Waals surface area contributed by atoms with Gasteiger partial charge in [0.25, 0.3) is 0 Å². The molecule has 148 valence electrons. The summed E-state index contributed by atoms with van der Waals surface area (Å²) in [6.45, 7) is 6.09. The first-order valence-electron chi connectivity index (χ1n) is 10.1. The molecule has 1 aliphatic heterocycles. The highest BCUT2D eigenvalue weighted by atomic mass is 16.5. The van der Waals surface area contributed by atoms with Crippen LogP contribution in [0, 0.1) is 5.92 Å². The molecule has 1 heterocycles. The van der Waals surface area contributed by atoms with E-state index < -0.39 is 0 Å². The van der Waals surface area contributed by atoms with Gasteiger partial charge in [-0.2, -0.15) is 0 Å². The summed E-state index contributed by atoms with van der Waals surface area (Å²) in [6.07, 6.45) is 2.80. The molecule has 0 radical (unpaired) electrons. The van der Waals surface area contributed by atoms with Crippen LogP contribution < -0.4 is 19.7 Å². The predicted octanol–water partition coefficient (Wildman–Crippen LogP) is 3.94. The maximum atomic E-state index is 11.2. The minimum atomic E-state index is -0.0237. The molecule has 2 aliphatic rings. The fourth-order valence-electron chi connectivity index (χ4n) is 3.41. The van der Waals surface area contributed by atoms with E-state index >= 15 is 0 Å². The van der Waals surface area contributed by atoms with Crippen LogP contribution in [0.4, 0.5) is 5.69 Å². The Morgan fingerprint density at radius 2 is 1.89 bits per heavy atom. The van der Waals surface area contributed by atoms with Crippen LogP contribution in [0.25, 0.3) is 0 Å². The highest BCUT2D eigenvalue weighted by molar-refractivity contribution is 5.73. The third-order valence-electron chi connectivity index (χ3n) is 5.32. The normalized spacial score (nSPS) is 17.6. The Balaban J connectivity index is 1.26. The van der Waals surface area contributed by atoms with Crippen molar-refractivity contribution in [2.75, 3.05) is 24.6 Å². The summed E-state index contributed by atoms with van der Waals surface area (Å²) in [6, 6.07) is 16.3. The minimum absolute atomic E-state index is 0.000143. The second-order valence-electron chi connectivity index (χ2n) is 7.89. The third kappa shape index (κ3) is 4.77.